The maximum atomic E-state index is 10.9. The molecular weight excluding hydrogens is 254 g/mol. The van der Waals surface area contributed by atoms with Gasteiger partial charge in [-0.15, -0.1) is 0 Å². The highest BCUT2D eigenvalue weighted by Crippen LogP contribution is 2.23. The summed E-state index contributed by atoms with van der Waals surface area (Å²) in [7, 11) is 0. The molecule has 0 saturated carbocycles. The van der Waals surface area contributed by atoms with E-state index in [1.165, 1.54) is 6.07 Å². The molecule has 5 nitrogen and oxygen atoms in total. The van der Waals surface area contributed by atoms with Crippen LogP contribution < -0.4 is 16.2 Å². The number of amides is 1. The SMILES string of the molecule is NC(=O)c1ccc(Oc2cc(N)cc(Cl)n2)cc1. The smallest absolute Gasteiger partial charge is 0.248 e. The van der Waals surface area contributed by atoms with Gasteiger partial charge in [-0.05, 0) is 30.3 Å². The van der Waals surface area contributed by atoms with Gasteiger partial charge in [0.2, 0.25) is 11.8 Å². The average Bonchev–Trinajstić information content (AvgIpc) is 2.28. The second-order valence-electron chi connectivity index (χ2n) is 3.55. The van der Waals surface area contributed by atoms with Gasteiger partial charge < -0.3 is 16.2 Å². The molecule has 1 heterocycles. The number of hydrogen-bond donors (Lipinski definition) is 2. The van der Waals surface area contributed by atoms with Gasteiger partial charge in [-0.25, -0.2) is 4.98 Å². The predicted molar refractivity (Wildman–Crippen MR) is 68.7 cm³/mol. The number of carbonyl (C=O) groups is 1. The summed E-state index contributed by atoms with van der Waals surface area (Å²) in [4.78, 5) is 14.9. The summed E-state index contributed by atoms with van der Waals surface area (Å²) in [5.41, 5.74) is 11.6. The molecule has 0 spiro atoms. The van der Waals surface area contributed by atoms with Crippen molar-refractivity contribution in [1.82, 2.24) is 4.98 Å². The van der Waals surface area contributed by atoms with Crippen LogP contribution in [-0.2, 0) is 0 Å². The zero-order chi connectivity index (χ0) is 13.1. The number of nitrogens with zero attached hydrogens (tertiary/aromatic N) is 1. The molecule has 1 aromatic heterocycles. The first-order chi connectivity index (χ1) is 8.54. The van der Waals surface area contributed by atoms with E-state index in [4.69, 9.17) is 27.8 Å². The van der Waals surface area contributed by atoms with Crippen LogP contribution in [0.3, 0.4) is 0 Å². The molecule has 18 heavy (non-hydrogen) atoms. The van der Waals surface area contributed by atoms with Gasteiger partial charge in [-0.3, -0.25) is 4.79 Å². The van der Waals surface area contributed by atoms with Gasteiger partial charge in [0.15, 0.2) is 0 Å². The van der Waals surface area contributed by atoms with Crippen molar-refractivity contribution in [2.75, 3.05) is 5.73 Å². The molecule has 0 unspecified atom stereocenters. The molecule has 0 bridgehead atoms. The molecule has 2 rings (SSSR count). The van der Waals surface area contributed by atoms with E-state index in [1.807, 2.05) is 0 Å². The van der Waals surface area contributed by atoms with Crippen molar-refractivity contribution in [2.45, 2.75) is 0 Å². The summed E-state index contributed by atoms with van der Waals surface area (Å²) >= 11 is 5.75. The lowest BCUT2D eigenvalue weighted by Gasteiger charge is -2.06. The predicted octanol–water partition coefficient (Wildman–Crippen LogP) is 2.21. The van der Waals surface area contributed by atoms with Crippen molar-refractivity contribution in [3.05, 3.63) is 47.1 Å². The number of ether oxygens (including phenoxy) is 1. The second kappa shape index (κ2) is 4.93. The van der Waals surface area contributed by atoms with Crippen LogP contribution in [0.2, 0.25) is 5.15 Å². The van der Waals surface area contributed by atoms with Crippen molar-refractivity contribution in [3.8, 4) is 11.6 Å². The number of pyridine rings is 1. The van der Waals surface area contributed by atoms with Crippen LogP contribution >= 0.6 is 11.6 Å². The highest BCUT2D eigenvalue weighted by Gasteiger charge is 2.04. The van der Waals surface area contributed by atoms with E-state index in [0.29, 0.717) is 17.0 Å². The van der Waals surface area contributed by atoms with E-state index < -0.39 is 5.91 Å². The van der Waals surface area contributed by atoms with Crippen molar-refractivity contribution >= 4 is 23.2 Å². The number of nitrogen functional groups attached to an aromatic ring is 1. The van der Waals surface area contributed by atoms with Crippen LogP contribution in [-0.4, -0.2) is 10.9 Å². The van der Waals surface area contributed by atoms with Crippen molar-refractivity contribution < 1.29 is 9.53 Å². The minimum atomic E-state index is -0.494. The minimum absolute atomic E-state index is 0.249. The molecule has 1 amide bonds. The third-order valence-electron chi connectivity index (χ3n) is 2.15. The Bertz CT molecular complexity index is 564. The molecule has 0 aliphatic carbocycles. The highest BCUT2D eigenvalue weighted by molar-refractivity contribution is 6.29. The quantitative estimate of drug-likeness (QED) is 0.831. The molecule has 2 aromatic rings. The van der Waals surface area contributed by atoms with E-state index in [-0.39, 0.29) is 11.0 Å². The van der Waals surface area contributed by atoms with Crippen LogP contribution in [0, 0.1) is 0 Å². The Morgan fingerprint density at radius 2 is 1.89 bits per heavy atom. The lowest BCUT2D eigenvalue weighted by molar-refractivity contribution is 0.100. The third kappa shape index (κ3) is 2.89. The molecule has 92 valence electrons. The summed E-state index contributed by atoms with van der Waals surface area (Å²) in [6.45, 7) is 0. The van der Waals surface area contributed by atoms with Gasteiger partial charge in [0, 0.05) is 17.3 Å². The lowest BCUT2D eigenvalue weighted by atomic mass is 10.2. The summed E-state index contributed by atoms with van der Waals surface area (Å²) < 4.78 is 5.45. The molecular formula is C12H10ClN3O2. The van der Waals surface area contributed by atoms with E-state index in [1.54, 1.807) is 30.3 Å². The molecule has 4 N–H and O–H groups in total. The van der Waals surface area contributed by atoms with Gasteiger partial charge in [-0.2, -0.15) is 0 Å². The number of halogens is 1. The third-order valence-corrected chi connectivity index (χ3v) is 2.35. The number of anilines is 1. The first-order valence-electron chi connectivity index (χ1n) is 5.05. The van der Waals surface area contributed by atoms with Gasteiger partial charge in [0.25, 0.3) is 0 Å². The number of carbonyl (C=O) groups excluding carboxylic acids is 1. The Kier molecular flexibility index (Phi) is 3.34. The lowest BCUT2D eigenvalue weighted by Crippen LogP contribution is -2.10. The van der Waals surface area contributed by atoms with Crippen LogP contribution in [0.1, 0.15) is 10.4 Å². The Hall–Kier alpha value is -2.27. The second-order valence-corrected chi connectivity index (χ2v) is 3.94. The van der Waals surface area contributed by atoms with E-state index in [9.17, 15) is 4.79 Å². The summed E-state index contributed by atoms with van der Waals surface area (Å²) in [5, 5.41) is 0.249. The molecule has 0 saturated heterocycles. The van der Waals surface area contributed by atoms with Crippen LogP contribution in [0.4, 0.5) is 5.69 Å². The number of aromatic nitrogens is 1. The Morgan fingerprint density at radius 3 is 2.44 bits per heavy atom. The zero-order valence-corrected chi connectivity index (χ0v) is 10.0. The van der Waals surface area contributed by atoms with Crippen molar-refractivity contribution in [1.29, 1.82) is 0 Å². The fourth-order valence-corrected chi connectivity index (χ4v) is 1.56. The van der Waals surface area contributed by atoms with Gasteiger partial charge in [0.05, 0.1) is 0 Å². The zero-order valence-electron chi connectivity index (χ0n) is 9.26. The van der Waals surface area contributed by atoms with Crippen LogP contribution in [0.15, 0.2) is 36.4 Å². The normalized spacial score (nSPS) is 10.1. The standard InChI is InChI=1S/C12H10ClN3O2/c13-10-5-8(14)6-11(16-10)18-9-3-1-7(2-4-9)12(15)17/h1-6H,(H2,14,16)(H2,15,17). The maximum absolute atomic E-state index is 10.9. The highest BCUT2D eigenvalue weighted by atomic mass is 35.5. The molecule has 0 fully saturated rings. The first kappa shape index (κ1) is 12.2. The molecule has 0 aliphatic heterocycles. The summed E-state index contributed by atoms with van der Waals surface area (Å²) in [6.07, 6.45) is 0. The number of primary amides is 1. The molecule has 0 aliphatic rings. The van der Waals surface area contributed by atoms with Gasteiger partial charge >= 0.3 is 0 Å². The molecule has 0 atom stereocenters. The molecule has 0 radical (unpaired) electrons. The average molecular weight is 264 g/mol. The largest absolute Gasteiger partial charge is 0.439 e. The van der Waals surface area contributed by atoms with E-state index in [0.717, 1.165) is 0 Å². The van der Waals surface area contributed by atoms with Gasteiger partial charge in [0.1, 0.15) is 10.9 Å². The van der Waals surface area contributed by atoms with Crippen molar-refractivity contribution in [3.63, 3.8) is 0 Å². The number of rotatable bonds is 3. The number of hydrogen-bond acceptors (Lipinski definition) is 4. The van der Waals surface area contributed by atoms with Crippen molar-refractivity contribution in [2.24, 2.45) is 5.73 Å². The van der Waals surface area contributed by atoms with Gasteiger partial charge in [-0.1, -0.05) is 11.6 Å². The minimum Gasteiger partial charge on any atom is -0.439 e. The molecule has 1 aromatic carbocycles. The molecule has 6 heteroatoms. The summed E-state index contributed by atoms with van der Waals surface area (Å²) in [5.74, 6) is 0.299. The monoisotopic (exact) mass is 263 g/mol. The Labute approximate surface area is 108 Å². The fraction of sp³-hybridized carbons (Fsp3) is 0. The van der Waals surface area contributed by atoms with E-state index in [2.05, 4.69) is 4.98 Å². The first-order valence-corrected chi connectivity index (χ1v) is 5.43. The summed E-state index contributed by atoms with van der Waals surface area (Å²) in [6, 6.07) is 9.41. The fourth-order valence-electron chi connectivity index (χ4n) is 1.35. The Balaban J connectivity index is 2.20. The topological polar surface area (TPSA) is 91.2 Å². The maximum Gasteiger partial charge on any atom is 0.248 e. The number of nitrogens with two attached hydrogens (primary N) is 2. The Morgan fingerprint density at radius 1 is 1.22 bits per heavy atom. The van der Waals surface area contributed by atoms with Crippen LogP contribution in [0.25, 0.3) is 0 Å². The van der Waals surface area contributed by atoms with E-state index >= 15 is 0 Å². The number of benzene rings is 1. The van der Waals surface area contributed by atoms with Crippen LogP contribution in [0.5, 0.6) is 11.6 Å².